The molecule has 4 heterocycles. The van der Waals surface area contributed by atoms with Crippen LogP contribution in [0.2, 0.25) is 0 Å². The number of H-pyrrole nitrogens is 1. The Labute approximate surface area is 259 Å². The van der Waals surface area contributed by atoms with Gasteiger partial charge in [-0.2, -0.15) is 14.0 Å². The molecular formula is C25H41N7O8PS2+. The average molecular weight is 663 g/mol. The summed E-state index contributed by atoms with van der Waals surface area (Å²) in [6.45, 7) is 6.64. The van der Waals surface area contributed by atoms with Crippen molar-refractivity contribution in [3.63, 3.8) is 0 Å². The van der Waals surface area contributed by atoms with Crippen LogP contribution in [-0.2, 0) is 28.1 Å². The number of nitrogens with one attached hydrogen (secondary N) is 2. The van der Waals surface area contributed by atoms with Crippen molar-refractivity contribution in [2.24, 2.45) is 11.1 Å². The Morgan fingerprint density at radius 3 is 2.79 bits per heavy atom. The predicted octanol–water partition coefficient (Wildman–Crippen LogP) is 1.42. The lowest BCUT2D eigenvalue weighted by Crippen LogP contribution is -2.40. The highest BCUT2D eigenvalue weighted by atomic mass is 32.7. The van der Waals surface area contributed by atoms with E-state index in [1.165, 1.54) is 4.57 Å². The third kappa shape index (κ3) is 8.27. The second kappa shape index (κ2) is 13.7. The fourth-order valence-electron chi connectivity index (χ4n) is 4.76. The number of aromatic nitrogens is 4. The molecule has 2 aliphatic rings. The number of imidazole rings is 1. The fraction of sp³-hybridized carbons (Fsp3) is 0.720. The molecule has 4 rings (SSSR count). The lowest BCUT2D eigenvalue weighted by Gasteiger charge is -2.29. The summed E-state index contributed by atoms with van der Waals surface area (Å²) in [6.07, 6.45) is -1.57. The highest BCUT2D eigenvalue weighted by Crippen LogP contribution is 2.67. The minimum absolute atomic E-state index is 0.0338. The van der Waals surface area contributed by atoms with E-state index in [9.17, 15) is 19.5 Å². The molecule has 7 N–H and O–H groups in total. The van der Waals surface area contributed by atoms with Crippen molar-refractivity contribution in [3.05, 3.63) is 10.4 Å². The van der Waals surface area contributed by atoms with E-state index < -0.39 is 37.0 Å². The number of aliphatic hydroxyl groups is 1. The molecule has 3 unspecified atom stereocenters. The second-order valence-electron chi connectivity index (χ2n) is 12.0. The van der Waals surface area contributed by atoms with Gasteiger partial charge in [-0.1, -0.05) is 25.6 Å². The van der Waals surface area contributed by atoms with Crippen molar-refractivity contribution in [1.82, 2.24) is 24.8 Å². The number of thioether (sulfide) groups is 1. The third-order valence-electron chi connectivity index (χ3n) is 7.28. The highest BCUT2D eigenvalue weighted by molar-refractivity contribution is 8.54. The van der Waals surface area contributed by atoms with Gasteiger partial charge >= 0.3 is 12.9 Å². The number of ether oxygens (including phenoxy) is 2. The Balaban J connectivity index is 1.43. The zero-order valence-corrected chi connectivity index (χ0v) is 27.3. The maximum Gasteiger partial charge on any atom is 0.398 e. The number of fused-ring (bicyclic) bond motifs is 2. The number of nitrogens with zero attached hydrogens (tertiary/aromatic N) is 3. The Morgan fingerprint density at radius 2 is 2.09 bits per heavy atom. The molecule has 43 heavy (non-hydrogen) atoms. The van der Waals surface area contributed by atoms with Gasteiger partial charge < -0.3 is 31.4 Å². The first kappa shape index (κ1) is 34.1. The number of nitrogen functional groups attached to an aromatic ring is 1. The van der Waals surface area contributed by atoms with E-state index in [0.29, 0.717) is 25.7 Å². The standard InChI is InChI=1S/C25H40N7O8PS2/c1-24(2,7-9-37-25(3,4)6-5-8-26)12-28-15(34)11-43-23-29-16-19(30-22(27)31-20(16)36)32(23)21-17(35)18-14(39-21)10-38-41(42,13-33)40-18/h13-14,17-18,21,35,42H,5-12,26H2,1-4H3,(H3-,27,28,30,31,34,36)/p+1/t14?,17?,18-,21-,41?/m1/s1. The number of hydrogen-bond donors (Lipinski definition) is 6. The molecule has 2 saturated heterocycles. The molecule has 1 amide bonds. The van der Waals surface area contributed by atoms with Gasteiger partial charge in [-0.3, -0.25) is 19.1 Å². The quantitative estimate of drug-likeness (QED) is 0.0731. The number of amides is 1. The minimum atomic E-state index is -3.11. The van der Waals surface area contributed by atoms with Crippen molar-refractivity contribution >= 4 is 60.0 Å². The summed E-state index contributed by atoms with van der Waals surface area (Å²) in [7, 11) is 0. The summed E-state index contributed by atoms with van der Waals surface area (Å²) in [6, 6.07) is 0.485. The van der Waals surface area contributed by atoms with Crippen LogP contribution in [0.1, 0.15) is 53.2 Å². The molecule has 15 nitrogen and oxygen atoms in total. The molecule has 2 aromatic heterocycles. The molecule has 0 saturated carbocycles. The first-order valence-electron chi connectivity index (χ1n) is 13.9. The average Bonchev–Trinajstić information content (AvgIpc) is 3.46. The van der Waals surface area contributed by atoms with Crippen LogP contribution in [0.25, 0.3) is 11.2 Å². The van der Waals surface area contributed by atoms with Crippen LogP contribution < -0.4 is 22.3 Å². The van der Waals surface area contributed by atoms with Gasteiger partial charge in [-0.15, -0.1) is 0 Å². The molecule has 2 aliphatic heterocycles. The van der Waals surface area contributed by atoms with Gasteiger partial charge in [0.15, 0.2) is 28.7 Å². The molecule has 0 radical (unpaired) electrons. The molecule has 5 atom stereocenters. The number of hydrogen-bond acceptors (Lipinski definition) is 14. The molecule has 0 spiro atoms. The Bertz CT molecular complexity index is 1380. The summed E-state index contributed by atoms with van der Waals surface area (Å²) in [5.74, 6) is -0.454. The number of nitrogens with two attached hydrogens (primary N) is 2. The van der Waals surface area contributed by atoms with Crippen LogP contribution in [0.4, 0.5) is 5.95 Å². The highest BCUT2D eigenvalue weighted by Gasteiger charge is 2.59. The van der Waals surface area contributed by atoms with Crippen molar-refractivity contribution in [2.45, 2.75) is 82.3 Å². The Kier molecular flexibility index (Phi) is 10.8. The Hall–Kier alpha value is -1.82. The Morgan fingerprint density at radius 1 is 1.35 bits per heavy atom. The molecular weight excluding hydrogens is 621 g/mol. The zero-order valence-electron chi connectivity index (χ0n) is 24.6. The molecule has 0 aliphatic carbocycles. The largest absolute Gasteiger partial charge is 0.398 e. The lowest BCUT2D eigenvalue weighted by molar-refractivity contribution is -0.119. The third-order valence-corrected chi connectivity index (χ3v) is 10.5. The van der Waals surface area contributed by atoms with Gasteiger partial charge in [-0.25, -0.2) is 9.78 Å². The van der Waals surface area contributed by atoms with E-state index in [2.05, 4.69) is 46.4 Å². The van der Waals surface area contributed by atoms with E-state index in [1.54, 1.807) is 0 Å². The van der Waals surface area contributed by atoms with Crippen LogP contribution in [0.15, 0.2) is 9.95 Å². The second-order valence-corrected chi connectivity index (χ2v) is 16.4. The smallest absolute Gasteiger partial charge is 0.385 e. The maximum absolute atomic E-state index is 12.9. The monoisotopic (exact) mass is 662 g/mol. The first-order chi connectivity index (χ1) is 20.2. The first-order valence-corrected chi connectivity index (χ1v) is 17.8. The molecule has 2 aromatic rings. The minimum Gasteiger partial charge on any atom is -0.385 e. The van der Waals surface area contributed by atoms with E-state index >= 15 is 0 Å². The summed E-state index contributed by atoms with van der Waals surface area (Å²) >= 11 is 5.25. The van der Waals surface area contributed by atoms with Gasteiger partial charge in [0.25, 0.3) is 5.56 Å². The van der Waals surface area contributed by atoms with Crippen LogP contribution in [0.3, 0.4) is 0 Å². The van der Waals surface area contributed by atoms with E-state index in [0.717, 1.165) is 31.0 Å². The van der Waals surface area contributed by atoms with Crippen LogP contribution >= 0.6 is 30.9 Å². The van der Waals surface area contributed by atoms with Gasteiger partial charge in [0.1, 0.15) is 18.8 Å². The van der Waals surface area contributed by atoms with E-state index in [4.69, 9.17) is 30.0 Å². The number of aliphatic hydroxyl groups excluding tert-OH is 1. The molecule has 0 aromatic carbocycles. The number of carbonyl (C=O) groups is 2. The van der Waals surface area contributed by atoms with Crippen LogP contribution in [0, 0.1) is 5.41 Å². The molecule has 18 heteroatoms. The zero-order chi connectivity index (χ0) is 31.6. The van der Waals surface area contributed by atoms with Gasteiger partial charge in [0, 0.05) is 13.2 Å². The topological polar surface area (TPSA) is 219 Å². The maximum atomic E-state index is 12.9. The van der Waals surface area contributed by atoms with Crippen molar-refractivity contribution in [1.29, 1.82) is 0 Å². The molecule has 240 valence electrons. The number of anilines is 1. The fourth-order valence-corrected chi connectivity index (χ4v) is 7.28. The summed E-state index contributed by atoms with van der Waals surface area (Å²) in [5, 5.41) is 14.3. The molecule has 2 fully saturated rings. The summed E-state index contributed by atoms with van der Waals surface area (Å²) < 4.78 is 24.6. The van der Waals surface area contributed by atoms with Crippen LogP contribution in [0.5, 0.6) is 0 Å². The number of thiol groups is 1. The van der Waals surface area contributed by atoms with Crippen molar-refractivity contribution in [2.75, 3.05) is 37.8 Å². The van der Waals surface area contributed by atoms with E-state index in [1.807, 2.05) is 13.8 Å². The summed E-state index contributed by atoms with van der Waals surface area (Å²) in [5.41, 5.74) is 10.4. The number of carbonyl (C=O) groups excluding carboxylic acids is 2. The van der Waals surface area contributed by atoms with Gasteiger partial charge in [0.05, 0.1) is 23.6 Å². The van der Waals surface area contributed by atoms with Crippen molar-refractivity contribution < 1.29 is 33.2 Å². The number of rotatable bonds is 14. The van der Waals surface area contributed by atoms with Gasteiger partial charge in [-0.05, 0) is 45.1 Å². The van der Waals surface area contributed by atoms with E-state index in [-0.39, 0.29) is 51.6 Å². The SMILES string of the molecule is CC(C)(CCOC(C)(C)CCCN)CNC(=O)CSc1nc2c(=O)[nH]c(N)nc2n1[C@@H]1OC2CO[P+](S)(C=O)O[C@H]2C1O. The van der Waals surface area contributed by atoms with Gasteiger partial charge in [0.2, 0.25) is 11.9 Å². The lowest BCUT2D eigenvalue weighted by atomic mass is 9.89. The number of aromatic amines is 1. The predicted molar refractivity (Wildman–Crippen MR) is 166 cm³/mol. The summed E-state index contributed by atoms with van der Waals surface area (Å²) in [4.78, 5) is 48.0. The van der Waals surface area contributed by atoms with Crippen molar-refractivity contribution in [3.8, 4) is 0 Å². The van der Waals surface area contributed by atoms with Crippen LogP contribution in [-0.4, -0.2) is 92.5 Å². The normalized spacial score (nSPS) is 26.0. The molecule has 0 bridgehead atoms.